The van der Waals surface area contributed by atoms with Crippen LogP contribution in [-0.2, 0) is 4.79 Å². The summed E-state index contributed by atoms with van der Waals surface area (Å²) in [6, 6.07) is -0.380. The zero-order valence-corrected chi connectivity index (χ0v) is 12.4. The van der Waals surface area contributed by atoms with Crippen molar-refractivity contribution in [3.63, 3.8) is 0 Å². The van der Waals surface area contributed by atoms with E-state index < -0.39 is 5.97 Å². The van der Waals surface area contributed by atoms with E-state index in [0.717, 1.165) is 19.4 Å². The summed E-state index contributed by atoms with van der Waals surface area (Å²) in [4.78, 5) is 11.1. The molecule has 108 valence electrons. The van der Waals surface area contributed by atoms with Gasteiger partial charge in [-0.2, -0.15) is 0 Å². The lowest BCUT2D eigenvalue weighted by atomic mass is 9.99. The van der Waals surface area contributed by atoms with Crippen molar-refractivity contribution in [1.29, 1.82) is 0 Å². The Morgan fingerprint density at radius 2 is 1.61 bits per heavy atom. The van der Waals surface area contributed by atoms with Crippen LogP contribution < -0.4 is 5.32 Å². The standard InChI is InChI=1S/C15H31NO2/c1-4-6-7-8-9-10-11-12-16-14(15(17)18)13(3)5-2/h13-14,16H,4-12H2,1-3H3,(H,17,18)/t13-,14-/m0/s1. The van der Waals surface area contributed by atoms with E-state index in [4.69, 9.17) is 5.11 Å². The molecule has 0 aliphatic heterocycles. The van der Waals surface area contributed by atoms with Gasteiger partial charge in [0, 0.05) is 0 Å². The number of rotatable bonds is 12. The molecule has 3 nitrogen and oxygen atoms in total. The third-order valence-electron chi connectivity index (χ3n) is 3.62. The van der Waals surface area contributed by atoms with Crippen molar-refractivity contribution in [3.8, 4) is 0 Å². The number of hydrogen-bond acceptors (Lipinski definition) is 2. The van der Waals surface area contributed by atoms with Crippen molar-refractivity contribution in [2.75, 3.05) is 6.54 Å². The summed E-state index contributed by atoms with van der Waals surface area (Å²) < 4.78 is 0. The van der Waals surface area contributed by atoms with Crippen LogP contribution in [0.2, 0.25) is 0 Å². The lowest BCUT2D eigenvalue weighted by Gasteiger charge is -2.20. The highest BCUT2D eigenvalue weighted by molar-refractivity contribution is 5.73. The maximum atomic E-state index is 11.1. The van der Waals surface area contributed by atoms with E-state index in [-0.39, 0.29) is 12.0 Å². The Kier molecular flexibility index (Phi) is 11.2. The lowest BCUT2D eigenvalue weighted by Crippen LogP contribution is -2.42. The van der Waals surface area contributed by atoms with Gasteiger partial charge in [0.2, 0.25) is 0 Å². The first kappa shape index (κ1) is 17.4. The smallest absolute Gasteiger partial charge is 0.320 e. The Morgan fingerprint density at radius 3 is 2.11 bits per heavy atom. The van der Waals surface area contributed by atoms with Crippen molar-refractivity contribution >= 4 is 5.97 Å². The van der Waals surface area contributed by atoms with Crippen LogP contribution in [-0.4, -0.2) is 23.7 Å². The molecular weight excluding hydrogens is 226 g/mol. The average Bonchev–Trinajstić information content (AvgIpc) is 2.35. The van der Waals surface area contributed by atoms with E-state index in [2.05, 4.69) is 12.2 Å². The molecule has 0 aromatic rings. The monoisotopic (exact) mass is 257 g/mol. The predicted octanol–water partition coefficient (Wildman–Crippen LogP) is 3.83. The predicted molar refractivity (Wildman–Crippen MR) is 76.9 cm³/mol. The van der Waals surface area contributed by atoms with E-state index in [1.54, 1.807) is 0 Å². The summed E-state index contributed by atoms with van der Waals surface area (Å²) >= 11 is 0. The van der Waals surface area contributed by atoms with Gasteiger partial charge in [0.1, 0.15) is 6.04 Å². The lowest BCUT2D eigenvalue weighted by molar-refractivity contribution is -0.140. The maximum absolute atomic E-state index is 11.1. The van der Waals surface area contributed by atoms with E-state index in [0.29, 0.717) is 0 Å². The minimum absolute atomic E-state index is 0.201. The number of nitrogens with one attached hydrogen (secondary N) is 1. The van der Waals surface area contributed by atoms with Crippen molar-refractivity contribution < 1.29 is 9.90 Å². The van der Waals surface area contributed by atoms with Crippen LogP contribution in [0.5, 0.6) is 0 Å². The molecule has 0 saturated heterocycles. The highest BCUT2D eigenvalue weighted by Gasteiger charge is 2.21. The van der Waals surface area contributed by atoms with Gasteiger partial charge < -0.3 is 10.4 Å². The van der Waals surface area contributed by atoms with Gasteiger partial charge in [0.05, 0.1) is 0 Å². The molecule has 0 spiro atoms. The van der Waals surface area contributed by atoms with Crippen molar-refractivity contribution in [2.24, 2.45) is 5.92 Å². The minimum atomic E-state index is -0.715. The van der Waals surface area contributed by atoms with Gasteiger partial charge in [-0.05, 0) is 18.9 Å². The van der Waals surface area contributed by atoms with E-state index in [1.807, 2.05) is 13.8 Å². The van der Waals surface area contributed by atoms with Crippen LogP contribution >= 0.6 is 0 Å². The Bertz CT molecular complexity index is 207. The molecular formula is C15H31NO2. The summed E-state index contributed by atoms with van der Waals surface area (Å²) in [6.45, 7) is 7.09. The van der Waals surface area contributed by atoms with Gasteiger partial charge in [-0.15, -0.1) is 0 Å². The number of unbranched alkanes of at least 4 members (excludes halogenated alkanes) is 6. The molecule has 0 aliphatic carbocycles. The molecule has 0 saturated carbocycles. The topological polar surface area (TPSA) is 49.3 Å². The normalized spacial score (nSPS) is 14.4. The van der Waals surface area contributed by atoms with Gasteiger partial charge in [0.25, 0.3) is 0 Å². The number of aliphatic carboxylic acids is 1. The van der Waals surface area contributed by atoms with Crippen LogP contribution in [0.1, 0.15) is 72.1 Å². The molecule has 0 bridgehead atoms. The van der Waals surface area contributed by atoms with Gasteiger partial charge in [-0.1, -0.05) is 65.7 Å². The van der Waals surface area contributed by atoms with E-state index in [1.165, 1.54) is 38.5 Å². The van der Waals surface area contributed by atoms with Crippen LogP contribution in [0, 0.1) is 5.92 Å². The summed E-state index contributed by atoms with van der Waals surface area (Å²) in [7, 11) is 0. The Labute approximate surface area is 112 Å². The van der Waals surface area contributed by atoms with Crippen molar-refractivity contribution in [2.45, 2.75) is 78.2 Å². The van der Waals surface area contributed by atoms with Crippen LogP contribution in [0.3, 0.4) is 0 Å². The molecule has 3 heteroatoms. The summed E-state index contributed by atoms with van der Waals surface area (Å²) in [6.07, 6.45) is 9.78. The first-order chi connectivity index (χ1) is 8.63. The molecule has 2 atom stereocenters. The highest BCUT2D eigenvalue weighted by Crippen LogP contribution is 2.09. The first-order valence-electron chi connectivity index (χ1n) is 7.59. The third kappa shape index (κ3) is 8.51. The van der Waals surface area contributed by atoms with Crippen LogP contribution in [0.4, 0.5) is 0 Å². The molecule has 0 aromatic carbocycles. The quantitative estimate of drug-likeness (QED) is 0.522. The van der Waals surface area contributed by atoms with Gasteiger partial charge in [0.15, 0.2) is 0 Å². The molecule has 0 fully saturated rings. The largest absolute Gasteiger partial charge is 0.480 e. The maximum Gasteiger partial charge on any atom is 0.320 e. The summed E-state index contributed by atoms with van der Waals surface area (Å²) in [5.74, 6) is -0.514. The fourth-order valence-corrected chi connectivity index (χ4v) is 2.11. The van der Waals surface area contributed by atoms with Crippen molar-refractivity contribution in [1.82, 2.24) is 5.32 Å². The minimum Gasteiger partial charge on any atom is -0.480 e. The second-order valence-electron chi connectivity index (χ2n) is 5.28. The molecule has 0 radical (unpaired) electrons. The molecule has 0 rings (SSSR count). The molecule has 2 N–H and O–H groups in total. The zero-order valence-electron chi connectivity index (χ0n) is 12.4. The van der Waals surface area contributed by atoms with E-state index >= 15 is 0 Å². The summed E-state index contributed by atoms with van der Waals surface area (Å²) in [5.41, 5.74) is 0. The molecule has 0 aromatic heterocycles. The Balaban J connectivity index is 3.53. The average molecular weight is 257 g/mol. The molecule has 0 heterocycles. The second-order valence-corrected chi connectivity index (χ2v) is 5.28. The second kappa shape index (κ2) is 11.5. The number of carboxylic acid groups (broad SMARTS) is 1. The van der Waals surface area contributed by atoms with Gasteiger partial charge >= 0.3 is 5.97 Å². The molecule has 18 heavy (non-hydrogen) atoms. The first-order valence-corrected chi connectivity index (χ1v) is 7.59. The number of carbonyl (C=O) groups is 1. The SMILES string of the molecule is CCCCCCCCCN[C@H](C(=O)O)[C@@H](C)CC. The Morgan fingerprint density at radius 1 is 1.06 bits per heavy atom. The van der Waals surface area contributed by atoms with Crippen LogP contribution in [0.25, 0.3) is 0 Å². The van der Waals surface area contributed by atoms with Crippen molar-refractivity contribution in [3.05, 3.63) is 0 Å². The van der Waals surface area contributed by atoms with Gasteiger partial charge in [-0.25, -0.2) is 0 Å². The van der Waals surface area contributed by atoms with Gasteiger partial charge in [-0.3, -0.25) is 4.79 Å². The zero-order chi connectivity index (χ0) is 13.8. The molecule has 0 unspecified atom stereocenters. The third-order valence-corrected chi connectivity index (χ3v) is 3.62. The highest BCUT2D eigenvalue weighted by atomic mass is 16.4. The Hall–Kier alpha value is -0.570. The number of carboxylic acids is 1. The molecule has 0 aliphatic rings. The van der Waals surface area contributed by atoms with Crippen LogP contribution in [0.15, 0.2) is 0 Å². The molecule has 0 amide bonds. The summed E-state index contributed by atoms with van der Waals surface area (Å²) in [5, 5.41) is 12.3. The van der Waals surface area contributed by atoms with E-state index in [9.17, 15) is 4.79 Å². The fraction of sp³-hybridized carbons (Fsp3) is 0.933. The fourth-order valence-electron chi connectivity index (χ4n) is 2.11. The number of hydrogen-bond donors (Lipinski definition) is 2.